The number of nitrogens with one attached hydrogen (secondary N) is 1. The summed E-state index contributed by atoms with van der Waals surface area (Å²) in [7, 11) is 0. The molecule has 0 fully saturated rings. The second-order valence-corrected chi connectivity index (χ2v) is 8.13. The molecule has 0 saturated heterocycles. The number of carbonyl (C=O) groups excluding carboxylic acids is 2. The molecule has 150 valence electrons. The molecular formula is C21H24Cl2N2O2S. The van der Waals surface area contributed by atoms with Gasteiger partial charge in [-0.2, -0.15) is 0 Å². The third-order valence-electron chi connectivity index (χ3n) is 4.18. The van der Waals surface area contributed by atoms with Crippen LogP contribution in [0.3, 0.4) is 0 Å². The van der Waals surface area contributed by atoms with Gasteiger partial charge in [-0.1, -0.05) is 42.3 Å². The summed E-state index contributed by atoms with van der Waals surface area (Å²) in [6.07, 6.45) is 0.538. The van der Waals surface area contributed by atoms with Crippen molar-refractivity contribution >= 4 is 46.8 Å². The standard InChI is InChI=1S/C21H24Cl2N2O2S/c1-3-19(21(27)24-4-2)25(13-15-5-7-16(22)8-6-15)20(26)14-28-18-11-9-17(23)10-12-18/h5-12,19H,3-4,13-14H2,1-2H3,(H,24,27). The predicted molar refractivity (Wildman–Crippen MR) is 117 cm³/mol. The monoisotopic (exact) mass is 438 g/mol. The average molecular weight is 439 g/mol. The normalized spacial score (nSPS) is 11.7. The number of hydrogen-bond acceptors (Lipinski definition) is 3. The van der Waals surface area contributed by atoms with E-state index in [2.05, 4.69) is 5.32 Å². The third kappa shape index (κ3) is 6.73. The molecule has 1 N–H and O–H groups in total. The maximum Gasteiger partial charge on any atom is 0.242 e. The molecule has 1 unspecified atom stereocenters. The second kappa shape index (κ2) is 11.3. The van der Waals surface area contributed by atoms with Crippen LogP contribution in [0.15, 0.2) is 53.4 Å². The molecule has 0 aliphatic carbocycles. The van der Waals surface area contributed by atoms with Crippen molar-refractivity contribution in [1.29, 1.82) is 0 Å². The van der Waals surface area contributed by atoms with Crippen molar-refractivity contribution in [2.24, 2.45) is 0 Å². The Morgan fingerprint density at radius 2 is 1.57 bits per heavy atom. The zero-order valence-electron chi connectivity index (χ0n) is 16.0. The number of thioether (sulfide) groups is 1. The van der Waals surface area contributed by atoms with E-state index in [-0.39, 0.29) is 17.6 Å². The lowest BCUT2D eigenvalue weighted by Crippen LogP contribution is -2.49. The summed E-state index contributed by atoms with van der Waals surface area (Å²) in [4.78, 5) is 28.2. The fourth-order valence-electron chi connectivity index (χ4n) is 2.76. The van der Waals surface area contributed by atoms with E-state index < -0.39 is 6.04 Å². The molecule has 0 aliphatic heterocycles. The quantitative estimate of drug-likeness (QED) is 0.558. The molecular weight excluding hydrogens is 415 g/mol. The van der Waals surface area contributed by atoms with Crippen molar-refractivity contribution in [2.45, 2.75) is 37.8 Å². The summed E-state index contributed by atoms with van der Waals surface area (Å²) >= 11 is 13.3. The zero-order chi connectivity index (χ0) is 20.5. The molecule has 0 radical (unpaired) electrons. The largest absolute Gasteiger partial charge is 0.355 e. The second-order valence-electron chi connectivity index (χ2n) is 6.21. The van der Waals surface area contributed by atoms with Gasteiger partial charge in [-0.3, -0.25) is 9.59 Å². The van der Waals surface area contributed by atoms with Crippen LogP contribution in [-0.2, 0) is 16.1 Å². The first-order valence-electron chi connectivity index (χ1n) is 9.14. The van der Waals surface area contributed by atoms with Crippen molar-refractivity contribution in [1.82, 2.24) is 10.2 Å². The molecule has 0 heterocycles. The van der Waals surface area contributed by atoms with E-state index >= 15 is 0 Å². The molecule has 2 amide bonds. The molecule has 0 spiro atoms. The summed E-state index contributed by atoms with van der Waals surface area (Å²) in [6, 6.07) is 14.2. The van der Waals surface area contributed by atoms with E-state index in [1.807, 2.05) is 38.1 Å². The zero-order valence-corrected chi connectivity index (χ0v) is 18.3. The first kappa shape index (κ1) is 22.6. The molecule has 2 aromatic rings. The number of rotatable bonds is 9. The summed E-state index contributed by atoms with van der Waals surface area (Å²) in [5.74, 6) is 0.0160. The Hall–Kier alpha value is -1.69. The van der Waals surface area contributed by atoms with Crippen LogP contribution in [0.2, 0.25) is 10.0 Å². The van der Waals surface area contributed by atoms with Gasteiger partial charge in [0.15, 0.2) is 0 Å². The SMILES string of the molecule is CCNC(=O)C(CC)N(Cc1ccc(Cl)cc1)C(=O)CSc1ccc(Cl)cc1. The Bertz CT molecular complexity index is 782. The van der Waals surface area contributed by atoms with E-state index in [0.717, 1.165) is 10.5 Å². The molecule has 0 saturated carbocycles. The van der Waals surface area contributed by atoms with Crippen molar-refractivity contribution in [3.05, 3.63) is 64.1 Å². The van der Waals surface area contributed by atoms with Gasteiger partial charge in [0.05, 0.1) is 5.75 Å². The average Bonchev–Trinajstić information content (AvgIpc) is 2.69. The van der Waals surface area contributed by atoms with Crippen LogP contribution >= 0.6 is 35.0 Å². The minimum atomic E-state index is -0.519. The van der Waals surface area contributed by atoms with Gasteiger partial charge in [0.1, 0.15) is 6.04 Å². The van der Waals surface area contributed by atoms with Crippen molar-refractivity contribution in [3.8, 4) is 0 Å². The molecule has 2 aromatic carbocycles. The summed E-state index contributed by atoms with van der Waals surface area (Å²) in [5, 5.41) is 4.12. The van der Waals surface area contributed by atoms with Crippen LogP contribution in [0.25, 0.3) is 0 Å². The Kier molecular flexibility index (Phi) is 9.16. The molecule has 2 rings (SSSR count). The summed E-state index contributed by atoms with van der Waals surface area (Å²) in [6.45, 7) is 4.66. The van der Waals surface area contributed by atoms with Crippen LogP contribution in [0.1, 0.15) is 25.8 Å². The lowest BCUT2D eigenvalue weighted by molar-refractivity contribution is -0.139. The van der Waals surface area contributed by atoms with Crippen LogP contribution in [-0.4, -0.2) is 35.1 Å². The number of halogens is 2. The van der Waals surface area contributed by atoms with E-state index in [1.165, 1.54) is 11.8 Å². The van der Waals surface area contributed by atoms with Crippen LogP contribution in [0.4, 0.5) is 0 Å². The molecule has 28 heavy (non-hydrogen) atoms. The molecule has 0 aliphatic rings. The topological polar surface area (TPSA) is 49.4 Å². The third-order valence-corrected chi connectivity index (χ3v) is 5.68. The number of hydrogen-bond donors (Lipinski definition) is 1. The molecule has 4 nitrogen and oxygen atoms in total. The number of benzene rings is 2. The highest BCUT2D eigenvalue weighted by Gasteiger charge is 2.28. The van der Waals surface area contributed by atoms with Crippen LogP contribution in [0.5, 0.6) is 0 Å². The fourth-order valence-corrected chi connectivity index (χ4v) is 3.79. The van der Waals surface area contributed by atoms with Gasteiger partial charge in [-0.05, 0) is 55.3 Å². The maximum absolute atomic E-state index is 13.0. The smallest absolute Gasteiger partial charge is 0.242 e. The van der Waals surface area contributed by atoms with E-state index in [9.17, 15) is 9.59 Å². The number of carbonyl (C=O) groups is 2. The van der Waals surface area contributed by atoms with Gasteiger partial charge in [0.25, 0.3) is 0 Å². The number of likely N-dealkylation sites (N-methyl/N-ethyl adjacent to an activating group) is 1. The minimum absolute atomic E-state index is 0.0898. The maximum atomic E-state index is 13.0. The highest BCUT2D eigenvalue weighted by molar-refractivity contribution is 8.00. The molecule has 7 heteroatoms. The first-order chi connectivity index (χ1) is 13.4. The first-order valence-corrected chi connectivity index (χ1v) is 10.9. The molecule has 0 aromatic heterocycles. The summed E-state index contributed by atoms with van der Waals surface area (Å²) in [5.41, 5.74) is 0.928. The van der Waals surface area contributed by atoms with Gasteiger partial charge in [0.2, 0.25) is 11.8 Å². The van der Waals surface area contributed by atoms with Gasteiger partial charge in [0, 0.05) is 28.0 Å². The van der Waals surface area contributed by atoms with Gasteiger partial charge in [-0.25, -0.2) is 0 Å². The minimum Gasteiger partial charge on any atom is -0.355 e. The van der Waals surface area contributed by atoms with E-state index in [1.54, 1.807) is 29.2 Å². The van der Waals surface area contributed by atoms with Gasteiger partial charge in [-0.15, -0.1) is 11.8 Å². The van der Waals surface area contributed by atoms with E-state index in [4.69, 9.17) is 23.2 Å². The van der Waals surface area contributed by atoms with Crippen molar-refractivity contribution in [2.75, 3.05) is 12.3 Å². The number of amides is 2. The van der Waals surface area contributed by atoms with Gasteiger partial charge >= 0.3 is 0 Å². The Balaban J connectivity index is 2.16. The molecule has 1 atom stereocenters. The van der Waals surface area contributed by atoms with Crippen LogP contribution < -0.4 is 5.32 Å². The Labute approximate surface area is 180 Å². The van der Waals surface area contributed by atoms with Gasteiger partial charge < -0.3 is 10.2 Å². The number of nitrogens with zero attached hydrogens (tertiary/aromatic N) is 1. The molecule has 0 bridgehead atoms. The lowest BCUT2D eigenvalue weighted by atomic mass is 10.1. The Morgan fingerprint density at radius 1 is 1.00 bits per heavy atom. The van der Waals surface area contributed by atoms with E-state index in [0.29, 0.717) is 29.6 Å². The fraction of sp³-hybridized carbons (Fsp3) is 0.333. The predicted octanol–water partition coefficient (Wildman–Crippen LogP) is 5.03. The highest BCUT2D eigenvalue weighted by Crippen LogP contribution is 2.22. The lowest BCUT2D eigenvalue weighted by Gasteiger charge is -2.30. The Morgan fingerprint density at radius 3 is 2.11 bits per heavy atom. The van der Waals surface area contributed by atoms with Crippen molar-refractivity contribution in [3.63, 3.8) is 0 Å². The summed E-state index contributed by atoms with van der Waals surface area (Å²) < 4.78 is 0. The van der Waals surface area contributed by atoms with Crippen molar-refractivity contribution < 1.29 is 9.59 Å². The highest BCUT2D eigenvalue weighted by atomic mass is 35.5. The van der Waals surface area contributed by atoms with Crippen LogP contribution in [0, 0.1) is 0 Å².